The Bertz CT molecular complexity index is 795. The maximum Gasteiger partial charge on any atom is 0.279 e. The molecule has 1 heterocycles. The van der Waals surface area contributed by atoms with E-state index in [1.54, 1.807) is 7.05 Å². The quantitative estimate of drug-likeness (QED) is 0.418. The highest BCUT2D eigenvalue weighted by atomic mass is 16.2. The average molecular weight is 434 g/mol. The topological polar surface area (TPSA) is 87.4 Å². The van der Waals surface area contributed by atoms with Crippen LogP contribution in [0.3, 0.4) is 0 Å². The van der Waals surface area contributed by atoms with Crippen LogP contribution in [0.5, 0.6) is 0 Å². The van der Waals surface area contributed by atoms with Gasteiger partial charge in [-0.05, 0) is 51.8 Å². The fourth-order valence-corrected chi connectivity index (χ4v) is 3.73. The Morgan fingerprint density at radius 1 is 0.968 bits per heavy atom. The fraction of sp³-hybridized carbons (Fsp3) is 0.609. The first kappa shape index (κ1) is 24.8. The highest BCUT2D eigenvalue weighted by Crippen LogP contribution is 2.17. The van der Waals surface area contributed by atoms with Gasteiger partial charge in [0, 0.05) is 18.3 Å². The molecular formula is C23H39N5O3+2. The number of carbonyl (C=O) groups excluding carboxylic acids is 3. The number of anilines is 1. The highest BCUT2D eigenvalue weighted by Gasteiger charge is 2.28. The van der Waals surface area contributed by atoms with Crippen LogP contribution in [0.25, 0.3) is 0 Å². The first-order chi connectivity index (χ1) is 14.4. The SMILES string of the molecule is Cc1cccc(NC(=O)C[NH+]2CC[NH+](CC(=O)N(C)CC(=O)NC(C)(C)C)CC2)c1C. The van der Waals surface area contributed by atoms with Crippen LogP contribution in [-0.4, -0.2) is 81.0 Å². The second-order valence-corrected chi connectivity index (χ2v) is 9.70. The second kappa shape index (κ2) is 10.7. The lowest BCUT2D eigenvalue weighted by Crippen LogP contribution is -3.28. The van der Waals surface area contributed by atoms with Gasteiger partial charge < -0.3 is 25.3 Å². The molecule has 8 nitrogen and oxygen atoms in total. The summed E-state index contributed by atoms with van der Waals surface area (Å²) in [6, 6.07) is 5.92. The van der Waals surface area contributed by atoms with E-state index < -0.39 is 0 Å². The minimum Gasteiger partial charge on any atom is -0.350 e. The monoisotopic (exact) mass is 433 g/mol. The Morgan fingerprint density at radius 3 is 2.13 bits per heavy atom. The molecule has 0 aromatic heterocycles. The Labute approximate surface area is 185 Å². The van der Waals surface area contributed by atoms with E-state index in [0.717, 1.165) is 43.0 Å². The summed E-state index contributed by atoms with van der Waals surface area (Å²) in [5.41, 5.74) is 2.82. The number of nitrogens with zero attached hydrogens (tertiary/aromatic N) is 1. The van der Waals surface area contributed by atoms with Gasteiger partial charge in [0.1, 0.15) is 26.2 Å². The molecule has 8 heteroatoms. The van der Waals surface area contributed by atoms with Crippen molar-refractivity contribution in [2.75, 3.05) is 58.2 Å². The molecule has 1 aromatic rings. The molecule has 0 saturated carbocycles. The van der Waals surface area contributed by atoms with Crippen molar-refractivity contribution in [2.24, 2.45) is 0 Å². The maximum atomic E-state index is 12.5. The lowest BCUT2D eigenvalue weighted by Gasteiger charge is -2.30. The third-order valence-electron chi connectivity index (χ3n) is 5.68. The van der Waals surface area contributed by atoms with Gasteiger partial charge in [-0.3, -0.25) is 14.4 Å². The molecule has 172 valence electrons. The molecule has 1 aliphatic rings. The molecule has 1 aromatic carbocycles. The first-order valence-corrected chi connectivity index (χ1v) is 11.0. The second-order valence-electron chi connectivity index (χ2n) is 9.70. The highest BCUT2D eigenvalue weighted by molar-refractivity contribution is 5.92. The van der Waals surface area contributed by atoms with Gasteiger partial charge in [-0.2, -0.15) is 0 Å². The van der Waals surface area contributed by atoms with E-state index in [4.69, 9.17) is 0 Å². The zero-order valence-electron chi connectivity index (χ0n) is 19.9. The molecule has 0 aliphatic carbocycles. The lowest BCUT2D eigenvalue weighted by atomic mass is 10.1. The summed E-state index contributed by atoms with van der Waals surface area (Å²) in [4.78, 5) is 40.9. The molecule has 1 fully saturated rings. The van der Waals surface area contributed by atoms with E-state index in [-0.39, 0.29) is 29.8 Å². The Balaban J connectivity index is 1.73. The minimum absolute atomic E-state index is 0.0211. The molecule has 0 atom stereocenters. The van der Waals surface area contributed by atoms with Crippen LogP contribution in [-0.2, 0) is 14.4 Å². The van der Waals surface area contributed by atoms with Crippen LogP contribution in [0, 0.1) is 13.8 Å². The molecule has 0 unspecified atom stereocenters. The molecule has 1 aliphatic heterocycles. The Kier molecular flexibility index (Phi) is 8.59. The summed E-state index contributed by atoms with van der Waals surface area (Å²) >= 11 is 0. The van der Waals surface area contributed by atoms with Gasteiger partial charge in [0.05, 0.1) is 6.54 Å². The fourth-order valence-electron chi connectivity index (χ4n) is 3.73. The van der Waals surface area contributed by atoms with Crippen molar-refractivity contribution in [1.29, 1.82) is 0 Å². The molecule has 3 amide bonds. The number of hydrogen-bond donors (Lipinski definition) is 4. The standard InChI is InChI=1S/C23H37N5O3/c1-17-8-7-9-19(18(17)2)24-20(29)15-27-10-12-28(13-11-27)16-22(31)26(6)14-21(30)25-23(3,4)5/h7-9H,10-16H2,1-6H3,(H,24,29)(H,25,30)/p+2. The number of rotatable bonds is 7. The minimum atomic E-state index is -0.310. The van der Waals surface area contributed by atoms with Gasteiger partial charge in [0.25, 0.3) is 11.8 Å². The summed E-state index contributed by atoms with van der Waals surface area (Å²) in [5, 5.41) is 5.90. The molecule has 0 spiro atoms. The molecular weight excluding hydrogens is 394 g/mol. The third-order valence-corrected chi connectivity index (χ3v) is 5.68. The average Bonchev–Trinajstić information content (AvgIpc) is 2.65. The normalized spacial score (nSPS) is 18.9. The molecule has 4 N–H and O–H groups in total. The van der Waals surface area contributed by atoms with Gasteiger partial charge >= 0.3 is 0 Å². The van der Waals surface area contributed by atoms with Crippen LogP contribution in [0.4, 0.5) is 5.69 Å². The van der Waals surface area contributed by atoms with Gasteiger partial charge in [-0.25, -0.2) is 0 Å². The van der Waals surface area contributed by atoms with E-state index in [9.17, 15) is 14.4 Å². The summed E-state index contributed by atoms with van der Waals surface area (Å²) in [5.74, 6) is -0.162. The zero-order valence-corrected chi connectivity index (χ0v) is 19.9. The molecule has 0 bridgehead atoms. The van der Waals surface area contributed by atoms with E-state index in [1.807, 2.05) is 52.8 Å². The smallest absolute Gasteiger partial charge is 0.279 e. The number of piperazine rings is 1. The largest absolute Gasteiger partial charge is 0.350 e. The van der Waals surface area contributed by atoms with Crippen LogP contribution < -0.4 is 20.4 Å². The summed E-state index contributed by atoms with van der Waals surface area (Å²) in [6.45, 7) is 14.0. The number of amides is 3. The summed E-state index contributed by atoms with van der Waals surface area (Å²) in [7, 11) is 1.67. The van der Waals surface area contributed by atoms with Crippen molar-refractivity contribution >= 4 is 23.4 Å². The molecule has 0 radical (unpaired) electrons. The van der Waals surface area contributed by atoms with E-state index in [2.05, 4.69) is 10.6 Å². The third kappa shape index (κ3) is 8.30. The van der Waals surface area contributed by atoms with Crippen LogP contribution >= 0.6 is 0 Å². The number of quaternary nitrogens is 2. The first-order valence-electron chi connectivity index (χ1n) is 11.0. The van der Waals surface area contributed by atoms with Crippen LogP contribution in [0.15, 0.2) is 18.2 Å². The maximum absolute atomic E-state index is 12.5. The van der Waals surface area contributed by atoms with Crippen molar-refractivity contribution in [2.45, 2.75) is 40.2 Å². The summed E-state index contributed by atoms with van der Waals surface area (Å²) < 4.78 is 0. The van der Waals surface area contributed by atoms with Gasteiger partial charge in [0.2, 0.25) is 5.91 Å². The van der Waals surface area contributed by atoms with Crippen molar-refractivity contribution in [3.63, 3.8) is 0 Å². The lowest BCUT2D eigenvalue weighted by molar-refractivity contribution is -1.00. The van der Waals surface area contributed by atoms with Crippen molar-refractivity contribution < 1.29 is 24.2 Å². The van der Waals surface area contributed by atoms with Crippen LogP contribution in [0.2, 0.25) is 0 Å². The number of nitrogens with one attached hydrogen (secondary N) is 4. The predicted octanol–water partition coefficient (Wildman–Crippen LogP) is -1.60. The van der Waals surface area contributed by atoms with E-state index in [0.29, 0.717) is 13.1 Å². The van der Waals surface area contributed by atoms with E-state index in [1.165, 1.54) is 14.7 Å². The van der Waals surface area contributed by atoms with Crippen molar-refractivity contribution in [3.8, 4) is 0 Å². The number of carbonyl (C=O) groups is 3. The van der Waals surface area contributed by atoms with E-state index >= 15 is 0 Å². The number of hydrogen-bond acceptors (Lipinski definition) is 3. The molecule has 31 heavy (non-hydrogen) atoms. The van der Waals surface area contributed by atoms with Gasteiger partial charge in [-0.15, -0.1) is 0 Å². The zero-order chi connectivity index (χ0) is 23.2. The Morgan fingerprint density at radius 2 is 1.55 bits per heavy atom. The summed E-state index contributed by atoms with van der Waals surface area (Å²) in [6.07, 6.45) is 0. The number of likely N-dealkylation sites (N-methyl/N-ethyl adjacent to an activating group) is 1. The number of aryl methyl sites for hydroxylation is 1. The van der Waals surface area contributed by atoms with Crippen molar-refractivity contribution in [3.05, 3.63) is 29.3 Å². The van der Waals surface area contributed by atoms with Gasteiger partial charge in [-0.1, -0.05) is 12.1 Å². The predicted molar refractivity (Wildman–Crippen MR) is 121 cm³/mol. The van der Waals surface area contributed by atoms with Crippen LogP contribution in [0.1, 0.15) is 31.9 Å². The Hall–Kier alpha value is -2.45. The van der Waals surface area contributed by atoms with Crippen molar-refractivity contribution in [1.82, 2.24) is 10.2 Å². The molecule has 2 rings (SSSR count). The van der Waals surface area contributed by atoms with Gasteiger partial charge in [0.15, 0.2) is 13.1 Å². The molecule has 1 saturated heterocycles. The number of benzene rings is 1.